The van der Waals surface area contributed by atoms with Crippen molar-refractivity contribution < 1.29 is 9.53 Å². The van der Waals surface area contributed by atoms with Gasteiger partial charge in [0.25, 0.3) is 5.91 Å². The lowest BCUT2D eigenvalue weighted by atomic mass is 10.1. The van der Waals surface area contributed by atoms with Gasteiger partial charge in [0.2, 0.25) is 0 Å². The van der Waals surface area contributed by atoms with Crippen molar-refractivity contribution in [1.82, 2.24) is 25.2 Å². The number of amides is 1. The second kappa shape index (κ2) is 9.31. The van der Waals surface area contributed by atoms with Crippen LogP contribution < -0.4 is 10.1 Å². The molecule has 0 aliphatic rings. The van der Waals surface area contributed by atoms with Crippen molar-refractivity contribution in [3.05, 3.63) is 53.7 Å². The number of nitrogens with zero attached hydrogens (tertiary/aromatic N) is 5. The summed E-state index contributed by atoms with van der Waals surface area (Å²) in [5.74, 6) is 0.822. The number of aryl methyl sites for hydroxylation is 1. The number of nitrogens with one attached hydrogen (secondary N) is 2. The Bertz CT molecular complexity index is 1290. The molecule has 0 fully saturated rings. The Labute approximate surface area is 185 Å². The number of para-hydroxylation sites is 1. The molecule has 0 atom stereocenters. The molecule has 4 aromatic rings. The number of hydrogen-bond acceptors (Lipinski definition) is 6. The summed E-state index contributed by atoms with van der Waals surface area (Å²) in [6, 6.07) is 14.7. The molecule has 0 aliphatic heterocycles. The molecule has 1 amide bonds. The smallest absolute Gasteiger partial charge is 0.272 e. The normalized spacial score (nSPS) is 10.8. The van der Waals surface area contributed by atoms with Crippen molar-refractivity contribution >= 4 is 22.5 Å². The quantitative estimate of drug-likeness (QED) is 0.408. The topological polar surface area (TPSA) is 122 Å². The number of nitriles is 1. The fourth-order valence-corrected chi connectivity index (χ4v) is 3.63. The minimum atomic E-state index is -0.293. The maximum absolute atomic E-state index is 13.2. The predicted octanol–water partition coefficient (Wildman–Crippen LogP) is 4.05. The standard InChI is InChI=1S/C23H23N7O2/c1-3-4-5-11-32-20-8-6-7-16-13-19(30(2)21(16)20)23(31)25-18-10-9-15(14-24)12-17(18)22-26-28-29-27-22/h6-10,12-13H,3-5,11H2,1-2H3,(H,25,31)(H,26,27,28,29). The van der Waals surface area contributed by atoms with Crippen LogP contribution in [0.5, 0.6) is 5.75 Å². The third kappa shape index (κ3) is 4.16. The number of hydrogen-bond donors (Lipinski definition) is 2. The molecule has 9 nitrogen and oxygen atoms in total. The first kappa shape index (κ1) is 21.1. The molecule has 162 valence electrons. The molecule has 2 heterocycles. The molecule has 2 aromatic carbocycles. The van der Waals surface area contributed by atoms with E-state index >= 15 is 0 Å². The van der Waals surface area contributed by atoms with Crippen LogP contribution in [-0.2, 0) is 7.05 Å². The Morgan fingerprint density at radius 3 is 2.88 bits per heavy atom. The summed E-state index contributed by atoms with van der Waals surface area (Å²) in [6.45, 7) is 2.79. The molecule has 0 spiro atoms. The van der Waals surface area contributed by atoms with Crippen molar-refractivity contribution in [2.24, 2.45) is 7.05 Å². The van der Waals surface area contributed by atoms with Crippen molar-refractivity contribution in [2.75, 3.05) is 11.9 Å². The highest BCUT2D eigenvalue weighted by atomic mass is 16.5. The van der Waals surface area contributed by atoms with E-state index in [0.29, 0.717) is 34.9 Å². The summed E-state index contributed by atoms with van der Waals surface area (Å²) >= 11 is 0. The molecular weight excluding hydrogens is 406 g/mol. The van der Waals surface area contributed by atoms with E-state index in [0.717, 1.165) is 35.9 Å². The summed E-state index contributed by atoms with van der Waals surface area (Å²) in [4.78, 5) is 13.2. The monoisotopic (exact) mass is 429 g/mol. The van der Waals surface area contributed by atoms with E-state index in [2.05, 4.69) is 38.9 Å². The van der Waals surface area contributed by atoms with Crippen LogP contribution in [0.3, 0.4) is 0 Å². The number of fused-ring (bicyclic) bond motifs is 1. The Morgan fingerprint density at radius 2 is 2.12 bits per heavy atom. The summed E-state index contributed by atoms with van der Waals surface area (Å²) in [5, 5.41) is 26.8. The first-order valence-electron chi connectivity index (χ1n) is 10.4. The lowest BCUT2D eigenvalue weighted by Crippen LogP contribution is -2.16. The fraction of sp³-hybridized carbons (Fsp3) is 0.261. The van der Waals surface area contributed by atoms with Gasteiger partial charge in [-0.05, 0) is 47.2 Å². The van der Waals surface area contributed by atoms with Crippen molar-refractivity contribution in [3.8, 4) is 23.2 Å². The van der Waals surface area contributed by atoms with Gasteiger partial charge in [0, 0.05) is 18.0 Å². The number of unbranched alkanes of at least 4 members (excludes halogenated alkanes) is 2. The highest BCUT2D eigenvalue weighted by molar-refractivity contribution is 6.08. The number of ether oxygens (including phenoxy) is 1. The van der Waals surface area contributed by atoms with Crippen LogP contribution in [0.4, 0.5) is 5.69 Å². The Balaban J connectivity index is 1.64. The van der Waals surface area contributed by atoms with Crippen LogP contribution in [0, 0.1) is 11.3 Å². The van der Waals surface area contributed by atoms with E-state index in [-0.39, 0.29) is 5.91 Å². The van der Waals surface area contributed by atoms with Gasteiger partial charge in [0.1, 0.15) is 11.4 Å². The molecule has 9 heteroatoms. The van der Waals surface area contributed by atoms with Crippen LogP contribution in [-0.4, -0.2) is 37.7 Å². The van der Waals surface area contributed by atoms with Gasteiger partial charge in [-0.15, -0.1) is 5.10 Å². The molecule has 2 N–H and O–H groups in total. The number of benzene rings is 2. The average Bonchev–Trinajstić information content (AvgIpc) is 3.46. The molecule has 0 unspecified atom stereocenters. The minimum absolute atomic E-state index is 0.293. The Kier molecular flexibility index (Phi) is 6.12. The number of carbonyl (C=O) groups is 1. The second-order valence-corrected chi connectivity index (χ2v) is 7.41. The first-order chi connectivity index (χ1) is 15.6. The number of aromatic amines is 1. The average molecular weight is 429 g/mol. The zero-order chi connectivity index (χ0) is 22.5. The van der Waals surface area contributed by atoms with E-state index < -0.39 is 0 Å². The van der Waals surface area contributed by atoms with E-state index in [1.165, 1.54) is 0 Å². The number of carbonyl (C=O) groups excluding carboxylic acids is 1. The van der Waals surface area contributed by atoms with Gasteiger partial charge >= 0.3 is 0 Å². The summed E-state index contributed by atoms with van der Waals surface area (Å²) in [5.41, 5.74) is 2.81. The molecular formula is C23H23N7O2. The molecule has 0 saturated carbocycles. The maximum atomic E-state index is 13.2. The fourth-order valence-electron chi connectivity index (χ4n) is 3.63. The number of aromatic nitrogens is 5. The van der Waals surface area contributed by atoms with Gasteiger partial charge in [-0.25, -0.2) is 5.10 Å². The molecule has 0 saturated heterocycles. The molecule has 0 radical (unpaired) electrons. The van der Waals surface area contributed by atoms with E-state index in [1.807, 2.05) is 35.9 Å². The van der Waals surface area contributed by atoms with Crippen LogP contribution in [0.15, 0.2) is 42.5 Å². The third-order valence-corrected chi connectivity index (χ3v) is 5.25. The van der Waals surface area contributed by atoms with Gasteiger partial charge in [-0.3, -0.25) is 4.79 Å². The maximum Gasteiger partial charge on any atom is 0.272 e. The van der Waals surface area contributed by atoms with E-state index in [1.54, 1.807) is 18.2 Å². The first-order valence-corrected chi connectivity index (χ1v) is 10.4. The number of H-pyrrole nitrogens is 1. The molecule has 0 bridgehead atoms. The van der Waals surface area contributed by atoms with Gasteiger partial charge in [-0.2, -0.15) is 5.26 Å². The number of rotatable bonds is 8. The molecule has 2 aromatic heterocycles. The van der Waals surface area contributed by atoms with Gasteiger partial charge in [-0.1, -0.05) is 31.9 Å². The zero-order valence-electron chi connectivity index (χ0n) is 17.9. The second-order valence-electron chi connectivity index (χ2n) is 7.41. The van der Waals surface area contributed by atoms with Crippen molar-refractivity contribution in [1.29, 1.82) is 5.26 Å². The minimum Gasteiger partial charge on any atom is -0.491 e. The van der Waals surface area contributed by atoms with Gasteiger partial charge < -0.3 is 14.6 Å². The van der Waals surface area contributed by atoms with Crippen LogP contribution in [0.1, 0.15) is 42.2 Å². The van der Waals surface area contributed by atoms with Crippen LogP contribution in [0.2, 0.25) is 0 Å². The predicted molar refractivity (Wildman–Crippen MR) is 120 cm³/mol. The van der Waals surface area contributed by atoms with Gasteiger partial charge in [0.05, 0.1) is 29.4 Å². The Hall–Kier alpha value is -4.19. The van der Waals surface area contributed by atoms with Crippen LogP contribution >= 0.6 is 0 Å². The van der Waals surface area contributed by atoms with E-state index in [9.17, 15) is 10.1 Å². The van der Waals surface area contributed by atoms with Gasteiger partial charge in [0.15, 0.2) is 5.82 Å². The van der Waals surface area contributed by atoms with Crippen molar-refractivity contribution in [2.45, 2.75) is 26.2 Å². The molecule has 0 aliphatic carbocycles. The highest BCUT2D eigenvalue weighted by Crippen LogP contribution is 2.30. The summed E-state index contributed by atoms with van der Waals surface area (Å²) < 4.78 is 7.83. The lowest BCUT2D eigenvalue weighted by Gasteiger charge is -2.12. The van der Waals surface area contributed by atoms with Crippen LogP contribution in [0.25, 0.3) is 22.3 Å². The van der Waals surface area contributed by atoms with Crippen molar-refractivity contribution in [3.63, 3.8) is 0 Å². The highest BCUT2D eigenvalue weighted by Gasteiger charge is 2.19. The van der Waals surface area contributed by atoms with E-state index in [4.69, 9.17) is 4.74 Å². The summed E-state index contributed by atoms with van der Waals surface area (Å²) in [6.07, 6.45) is 3.23. The molecule has 32 heavy (non-hydrogen) atoms. The summed E-state index contributed by atoms with van der Waals surface area (Å²) in [7, 11) is 1.84. The molecule has 4 rings (SSSR count). The number of anilines is 1. The number of tetrazole rings is 1. The third-order valence-electron chi connectivity index (χ3n) is 5.25. The largest absolute Gasteiger partial charge is 0.491 e. The zero-order valence-corrected chi connectivity index (χ0v) is 17.9. The lowest BCUT2D eigenvalue weighted by molar-refractivity contribution is 0.102. The Morgan fingerprint density at radius 1 is 1.25 bits per heavy atom. The SMILES string of the molecule is CCCCCOc1cccc2cc(C(=O)Nc3ccc(C#N)cc3-c3nnn[nH]3)n(C)c12.